The maximum atomic E-state index is 15.4. The highest BCUT2D eigenvalue weighted by atomic mass is 33.1. The molecule has 6 aromatic rings. The summed E-state index contributed by atoms with van der Waals surface area (Å²) < 4.78 is 1.97. The molecular weight excluding hydrogens is 1510 g/mol. The van der Waals surface area contributed by atoms with Crippen LogP contribution in [0.15, 0.2) is 96.1 Å². The molecule has 0 spiro atoms. The van der Waals surface area contributed by atoms with E-state index in [0.29, 0.717) is 28.8 Å². The van der Waals surface area contributed by atoms with Crippen LogP contribution in [-0.2, 0) is 79.1 Å². The molecule has 39 nitrogen and oxygen atoms in total. The minimum Gasteiger partial charge on any atom is -0.508 e. The molecule has 41 heteroatoms. The third kappa shape index (κ3) is 27.0. The van der Waals surface area contributed by atoms with Crippen molar-refractivity contribution >= 4 is 109 Å². The fraction of sp³-hybridized carbons (Fsp3) is 0.500. The van der Waals surface area contributed by atoms with E-state index in [9.17, 15) is 78.6 Å². The minimum absolute atomic E-state index is 0.00909. The van der Waals surface area contributed by atoms with Gasteiger partial charge < -0.3 is 94.1 Å². The van der Waals surface area contributed by atoms with E-state index in [4.69, 9.17) is 5.73 Å². The first-order valence-corrected chi connectivity index (χ1v) is 39.2. The number of aliphatic hydroxyl groups is 3. The second kappa shape index (κ2) is 43.4. The summed E-state index contributed by atoms with van der Waals surface area (Å²) in [6.45, 7) is 0.0977. The lowest BCUT2D eigenvalue weighted by Crippen LogP contribution is -2.62. The predicted octanol–water partition coefficient (Wildman–Crippen LogP) is -5.07. The highest BCUT2D eigenvalue weighted by Gasteiger charge is 2.38. The number of benzene rings is 3. The highest BCUT2D eigenvalue weighted by Crippen LogP contribution is 2.25. The standard InChI is InChI=1S/C72H98N20O19S2/c1-42(94)54(38-93)81-69(108)56-40-113-112-39-55(68(107)79-52(32-45-16-18-48(96)19-17-45)66(105)80-53(34-47-33-46-13-7-8-14-49(46)76-47)67(106)78-50(15-9-10-21-73)64(103)84-61(43(2)95)71(110)83-56)82-65(104)51(31-44-11-5-4-6-12-44)77-57(97)35-88-23-25-89(36-59(99)100)27-29-91(30-28-90(26-24-88)37-60(101)102)58(98)20-22-74-70(109)62-63-85-86-87(3)72(111)92(63)41-75-62/h4-8,11-14,16-19,33,41-43,50-56,61,76,93-96H,9-10,15,20-32,34-40,73H2,1-3H3,(H,74,109)(H,77,97)(H,78,106)(H,79,107)(H,80,105)(H,81,108)(H,82,104)(H,83,110)(H,84,103)(H,99,100)(H,101,102)/t42-,43-,50+,51-,52+,53-,54-,55+,56+,61+/m1/s1. The van der Waals surface area contributed by atoms with Crippen molar-refractivity contribution < 1.29 is 88.2 Å². The van der Waals surface area contributed by atoms with Crippen LogP contribution in [0.3, 0.4) is 0 Å². The average Bonchev–Trinajstić information content (AvgIpc) is 1.63. The van der Waals surface area contributed by atoms with Crippen LogP contribution in [0.5, 0.6) is 5.75 Å². The van der Waals surface area contributed by atoms with Gasteiger partial charge in [-0.05, 0) is 80.4 Å². The number of carboxylic acid groups (broad SMARTS) is 2. The third-order valence-corrected chi connectivity index (χ3v) is 21.2. The number of rotatable bonds is 28. The van der Waals surface area contributed by atoms with Gasteiger partial charge in [-0.2, -0.15) is 4.68 Å². The van der Waals surface area contributed by atoms with Crippen molar-refractivity contribution in [3.63, 3.8) is 0 Å². The molecule has 0 saturated carbocycles. The molecule has 18 N–H and O–H groups in total. The second-order valence-electron chi connectivity index (χ2n) is 27.5. The number of hydrogen-bond acceptors (Lipinski definition) is 26. The van der Waals surface area contributed by atoms with Gasteiger partial charge in [-0.15, -0.1) is 5.10 Å². The summed E-state index contributed by atoms with van der Waals surface area (Å²) in [5.41, 5.74) is 6.97. The number of aryl methyl sites for hydroxylation is 1. The maximum absolute atomic E-state index is 15.4. The molecule has 113 heavy (non-hydrogen) atoms. The molecule has 612 valence electrons. The Labute approximate surface area is 656 Å². The summed E-state index contributed by atoms with van der Waals surface area (Å²) in [5, 5.41) is 94.5. The number of unbranched alkanes of at least 4 members (excludes halogenated alkanes) is 1. The predicted molar refractivity (Wildman–Crippen MR) is 412 cm³/mol. The molecule has 10 amide bonds. The number of aromatic nitrogens is 6. The Bertz CT molecular complexity index is 4280. The number of aromatic amines is 1. The Hall–Kier alpha value is -10.7. The van der Waals surface area contributed by atoms with Gasteiger partial charge in [0.2, 0.25) is 53.2 Å². The zero-order valence-corrected chi connectivity index (χ0v) is 64.2. The van der Waals surface area contributed by atoms with Crippen molar-refractivity contribution in [3.8, 4) is 5.75 Å². The van der Waals surface area contributed by atoms with Gasteiger partial charge in [-0.25, -0.2) is 14.2 Å². The summed E-state index contributed by atoms with van der Waals surface area (Å²) in [7, 11) is 3.14. The lowest BCUT2D eigenvalue weighted by molar-refractivity contribution is -0.139. The van der Waals surface area contributed by atoms with Crippen LogP contribution in [0.2, 0.25) is 0 Å². The summed E-state index contributed by atoms with van der Waals surface area (Å²) in [6.07, 6.45) is -2.26. The number of fused-ring (bicyclic) bond motifs is 2. The van der Waals surface area contributed by atoms with Crippen molar-refractivity contribution in [1.82, 2.24) is 96.8 Å². The molecule has 0 bridgehead atoms. The number of amides is 10. The molecule has 3 aromatic carbocycles. The Balaban J connectivity index is 1.08. The number of hydrogen-bond donors (Lipinski definition) is 17. The van der Waals surface area contributed by atoms with E-state index >= 15 is 14.4 Å². The number of nitrogens with one attached hydrogen (secondary N) is 10. The second-order valence-corrected chi connectivity index (χ2v) is 30.0. The first-order chi connectivity index (χ1) is 54.1. The van der Waals surface area contributed by atoms with E-state index in [2.05, 4.69) is 68.1 Å². The van der Waals surface area contributed by atoms with Crippen LogP contribution in [-0.4, -0.2) is 314 Å². The van der Waals surface area contributed by atoms with Crippen molar-refractivity contribution in [2.24, 2.45) is 12.8 Å². The first kappa shape index (κ1) is 87.9. The summed E-state index contributed by atoms with van der Waals surface area (Å²) in [5.74, 6) is -12.1. The number of aliphatic carboxylic acids is 2. The van der Waals surface area contributed by atoms with Gasteiger partial charge in [0.25, 0.3) is 5.91 Å². The number of nitrogens with two attached hydrogens (primary N) is 1. The van der Waals surface area contributed by atoms with Crippen LogP contribution in [0.4, 0.5) is 0 Å². The Morgan fingerprint density at radius 3 is 1.90 bits per heavy atom. The Morgan fingerprint density at radius 2 is 1.27 bits per heavy atom. The lowest BCUT2D eigenvalue weighted by Gasteiger charge is -2.33. The number of phenolic OH excluding ortho intramolecular Hbond substituents is 1. The minimum atomic E-state index is -1.79. The van der Waals surface area contributed by atoms with Crippen molar-refractivity contribution in [2.45, 2.75) is 119 Å². The zero-order chi connectivity index (χ0) is 81.8. The molecule has 5 heterocycles. The Morgan fingerprint density at radius 1 is 0.673 bits per heavy atom. The largest absolute Gasteiger partial charge is 0.508 e. The third-order valence-electron chi connectivity index (χ3n) is 18.8. The fourth-order valence-electron chi connectivity index (χ4n) is 12.4. The van der Waals surface area contributed by atoms with Gasteiger partial charge in [0.1, 0.15) is 54.4 Å². The lowest BCUT2D eigenvalue weighted by atomic mass is 10.0. The molecule has 2 aliphatic heterocycles. The molecule has 0 unspecified atom stereocenters. The highest BCUT2D eigenvalue weighted by molar-refractivity contribution is 8.76. The van der Waals surface area contributed by atoms with E-state index in [1.54, 1.807) is 59.5 Å². The normalized spacial score (nSPS) is 20.6. The monoisotopic (exact) mass is 1610 g/mol. The topological polar surface area (TPSA) is 554 Å². The van der Waals surface area contributed by atoms with Crippen LogP contribution >= 0.6 is 21.6 Å². The fourth-order valence-corrected chi connectivity index (χ4v) is 14.8. The van der Waals surface area contributed by atoms with Crippen LogP contribution in [0.1, 0.15) is 66.8 Å². The number of carboxylic acids is 2. The molecule has 2 saturated heterocycles. The number of carbonyl (C=O) groups excluding carboxylic acids is 10. The smallest absolute Gasteiger partial charge is 0.352 e. The summed E-state index contributed by atoms with van der Waals surface area (Å²) in [6, 6.07) is 10.7. The van der Waals surface area contributed by atoms with E-state index in [0.717, 1.165) is 42.4 Å². The van der Waals surface area contributed by atoms with Gasteiger partial charge in [-0.1, -0.05) is 87.5 Å². The van der Waals surface area contributed by atoms with Gasteiger partial charge >= 0.3 is 17.6 Å². The number of phenols is 1. The molecular formula is C72H98N20O19S2. The van der Waals surface area contributed by atoms with E-state index in [-0.39, 0.29) is 127 Å². The zero-order valence-electron chi connectivity index (χ0n) is 62.6. The number of H-pyrrole nitrogens is 1. The van der Waals surface area contributed by atoms with Gasteiger partial charge in [0, 0.05) is 114 Å². The van der Waals surface area contributed by atoms with Gasteiger partial charge in [0.05, 0.1) is 44.5 Å². The SMILES string of the molecule is C[C@@H](O)[C@@H]1NC(=O)[C@H](CCCCN)NC(=O)[C@@H](Cc2cc3ccccc3[nH]2)NC(=O)[C@H](Cc2ccc(O)cc2)NC(=O)[C@@H](NC(=O)[C@@H](Cc2ccccc2)NC(=O)CN2CCN(CC(=O)O)CCN(C(=O)CCNC(=O)c3ncn4c(=O)n(C)nnc34)CCN(CC(=O)O)CC2)CSSC[C@@H](C(=O)N[C@H](CO)[C@@H](C)O)NC1=O. The molecule has 10 atom stereocenters. The van der Waals surface area contributed by atoms with E-state index < -0.39 is 169 Å². The van der Waals surface area contributed by atoms with E-state index in [1.165, 1.54) is 59.9 Å². The number of aromatic hydroxyl groups is 1. The summed E-state index contributed by atoms with van der Waals surface area (Å²) >= 11 is 0. The molecule has 0 radical (unpaired) electrons. The molecule has 3 aromatic heterocycles. The molecule has 2 fully saturated rings. The van der Waals surface area contributed by atoms with Gasteiger partial charge in [-0.3, -0.25) is 72.2 Å². The van der Waals surface area contributed by atoms with Crippen LogP contribution in [0, 0.1) is 0 Å². The molecule has 2 aliphatic rings. The van der Waals surface area contributed by atoms with E-state index in [1.807, 2.05) is 6.07 Å². The quantitative estimate of drug-likeness (QED) is 0.0161. The first-order valence-electron chi connectivity index (χ1n) is 36.7. The maximum Gasteiger partial charge on any atom is 0.352 e. The van der Waals surface area contributed by atoms with Crippen LogP contribution in [0.25, 0.3) is 16.6 Å². The van der Waals surface area contributed by atoms with Crippen molar-refractivity contribution in [3.05, 3.63) is 124 Å². The van der Waals surface area contributed by atoms with Gasteiger partial charge in [0.15, 0.2) is 11.3 Å². The molecule has 8 rings (SSSR count). The number of imidazole rings is 1. The number of nitrogens with zero attached hydrogens (tertiary/aromatic N) is 9. The van der Waals surface area contributed by atoms with Crippen molar-refractivity contribution in [2.75, 3.05) is 103 Å². The number of para-hydroxylation sites is 1. The average molecular weight is 1610 g/mol. The van der Waals surface area contributed by atoms with Crippen molar-refractivity contribution in [1.29, 1.82) is 0 Å². The summed E-state index contributed by atoms with van der Waals surface area (Å²) in [4.78, 5) is 196. The van der Waals surface area contributed by atoms with Crippen LogP contribution < -0.4 is 59.3 Å². The number of carbonyl (C=O) groups is 12. The Kier molecular flexibility index (Phi) is 33.8. The molecule has 0 aliphatic carbocycles. The number of aliphatic hydroxyl groups excluding tert-OH is 3.